The molecule has 1 N–H and O–H groups in total. The lowest BCUT2D eigenvalue weighted by molar-refractivity contribution is -0.157. The molecule has 1 atom stereocenters. The third kappa shape index (κ3) is 3.74. The van der Waals surface area contributed by atoms with E-state index >= 15 is 0 Å². The highest BCUT2D eigenvalue weighted by Gasteiger charge is 2.33. The van der Waals surface area contributed by atoms with Crippen molar-refractivity contribution in [2.45, 2.75) is 26.4 Å². The van der Waals surface area contributed by atoms with Gasteiger partial charge in [-0.3, -0.25) is 0 Å². The van der Waals surface area contributed by atoms with Gasteiger partial charge in [-0.05, 0) is 6.42 Å². The lowest BCUT2D eigenvalue weighted by Gasteiger charge is -2.28. The molecule has 0 saturated carbocycles. The number of hydrogen-bond acceptors (Lipinski definition) is 4. The molecule has 0 bridgehead atoms. The number of carbonyl (C=O) groups excluding carboxylic acids is 1. The molecule has 0 aliphatic heterocycles. The normalized spacial score (nSPS) is 13.9. The fourth-order valence-electron chi connectivity index (χ4n) is 0.932. The third-order valence-electron chi connectivity index (χ3n) is 2.12. The van der Waals surface area contributed by atoms with Gasteiger partial charge < -0.3 is 14.6 Å². The van der Waals surface area contributed by atoms with Crippen LogP contribution in [0.25, 0.3) is 0 Å². The highest BCUT2D eigenvalue weighted by atomic mass is 16.5. The number of rotatable bonds is 5. The van der Waals surface area contributed by atoms with Crippen molar-refractivity contribution in [3.05, 3.63) is 0 Å². The van der Waals surface area contributed by atoms with Gasteiger partial charge in [-0.15, -0.1) is 0 Å². The van der Waals surface area contributed by atoms with Crippen molar-refractivity contribution in [1.29, 1.82) is 0 Å². The smallest absolute Gasteiger partial charge is 0.335 e. The van der Waals surface area contributed by atoms with E-state index in [4.69, 9.17) is 4.74 Å². The molecule has 13 heavy (non-hydrogen) atoms. The molecular formula is C9H18O4. The number of esters is 1. The van der Waals surface area contributed by atoms with E-state index in [1.807, 2.05) is 0 Å². The Balaban J connectivity index is 4.17. The second kappa shape index (κ2) is 5.19. The highest BCUT2D eigenvalue weighted by molar-refractivity contribution is 5.75. The van der Waals surface area contributed by atoms with Crippen molar-refractivity contribution < 1.29 is 19.4 Å². The second-order valence-electron chi connectivity index (χ2n) is 3.66. The van der Waals surface area contributed by atoms with Crippen molar-refractivity contribution in [2.24, 2.45) is 5.41 Å². The highest BCUT2D eigenvalue weighted by Crippen LogP contribution is 2.25. The molecule has 0 fully saturated rings. The van der Waals surface area contributed by atoms with Gasteiger partial charge in [-0.25, -0.2) is 4.79 Å². The predicted molar refractivity (Wildman–Crippen MR) is 48.3 cm³/mol. The number of aliphatic hydroxyl groups is 1. The summed E-state index contributed by atoms with van der Waals surface area (Å²) in [5, 5.41) is 9.54. The number of aliphatic hydroxyl groups excluding tert-OH is 1. The van der Waals surface area contributed by atoms with Gasteiger partial charge in [0, 0.05) is 19.1 Å². The van der Waals surface area contributed by atoms with E-state index in [0.29, 0.717) is 13.0 Å². The first-order chi connectivity index (χ1) is 5.95. The first-order valence-electron chi connectivity index (χ1n) is 4.20. The van der Waals surface area contributed by atoms with Gasteiger partial charge in [0.05, 0.1) is 7.11 Å². The van der Waals surface area contributed by atoms with Crippen molar-refractivity contribution in [1.82, 2.24) is 0 Å². The summed E-state index contributed by atoms with van der Waals surface area (Å²) in [6, 6.07) is 0. The van der Waals surface area contributed by atoms with E-state index < -0.39 is 17.5 Å². The molecule has 4 heteroatoms. The summed E-state index contributed by atoms with van der Waals surface area (Å²) in [6.07, 6.45) is -0.479. The maximum Gasteiger partial charge on any atom is 0.335 e. The van der Waals surface area contributed by atoms with Crippen LogP contribution in [-0.4, -0.2) is 38.0 Å². The van der Waals surface area contributed by atoms with Crippen LogP contribution in [-0.2, 0) is 14.3 Å². The van der Waals surface area contributed by atoms with Crippen molar-refractivity contribution in [3.8, 4) is 0 Å². The minimum absolute atomic E-state index is 0.511. The summed E-state index contributed by atoms with van der Waals surface area (Å²) < 4.78 is 9.33. The molecule has 0 aliphatic rings. The van der Waals surface area contributed by atoms with Crippen LogP contribution < -0.4 is 0 Å². The van der Waals surface area contributed by atoms with Crippen LogP contribution in [0.15, 0.2) is 0 Å². The molecule has 0 aliphatic carbocycles. The zero-order valence-corrected chi connectivity index (χ0v) is 8.66. The first-order valence-corrected chi connectivity index (χ1v) is 4.20. The van der Waals surface area contributed by atoms with Gasteiger partial charge in [-0.1, -0.05) is 13.8 Å². The van der Waals surface area contributed by atoms with Crippen LogP contribution >= 0.6 is 0 Å². The Morgan fingerprint density at radius 3 is 2.38 bits per heavy atom. The Kier molecular flexibility index (Phi) is 4.95. The van der Waals surface area contributed by atoms with E-state index in [-0.39, 0.29) is 0 Å². The summed E-state index contributed by atoms with van der Waals surface area (Å²) in [5.41, 5.74) is -0.511. The van der Waals surface area contributed by atoms with Gasteiger partial charge in [0.1, 0.15) is 0 Å². The maximum absolute atomic E-state index is 11.0. The summed E-state index contributed by atoms with van der Waals surface area (Å²) >= 11 is 0. The molecule has 0 spiro atoms. The summed E-state index contributed by atoms with van der Waals surface area (Å²) in [5.74, 6) is -0.596. The molecule has 0 aromatic heterocycles. The maximum atomic E-state index is 11.0. The minimum atomic E-state index is -1.09. The molecule has 0 radical (unpaired) electrons. The van der Waals surface area contributed by atoms with Crippen LogP contribution in [0.4, 0.5) is 0 Å². The zero-order valence-electron chi connectivity index (χ0n) is 8.66. The van der Waals surface area contributed by atoms with Crippen LogP contribution in [0.5, 0.6) is 0 Å². The summed E-state index contributed by atoms with van der Waals surface area (Å²) in [4.78, 5) is 11.0. The fourth-order valence-corrected chi connectivity index (χ4v) is 0.932. The van der Waals surface area contributed by atoms with Gasteiger partial charge in [0.25, 0.3) is 0 Å². The van der Waals surface area contributed by atoms with Gasteiger partial charge in [-0.2, -0.15) is 0 Å². The topological polar surface area (TPSA) is 55.8 Å². The van der Waals surface area contributed by atoms with Crippen LogP contribution in [0.3, 0.4) is 0 Å². The predicted octanol–water partition coefficient (Wildman–Crippen LogP) is 0.583. The van der Waals surface area contributed by atoms with E-state index in [9.17, 15) is 9.90 Å². The van der Waals surface area contributed by atoms with Gasteiger partial charge >= 0.3 is 5.97 Å². The minimum Gasteiger partial charge on any atom is -0.467 e. The van der Waals surface area contributed by atoms with E-state index in [2.05, 4.69) is 4.74 Å². The molecular weight excluding hydrogens is 172 g/mol. The Labute approximate surface area is 78.8 Å². The monoisotopic (exact) mass is 190 g/mol. The lowest BCUT2D eigenvalue weighted by atomic mass is 9.83. The molecule has 1 unspecified atom stereocenters. The van der Waals surface area contributed by atoms with Crippen molar-refractivity contribution in [2.75, 3.05) is 20.8 Å². The van der Waals surface area contributed by atoms with E-state index in [1.165, 1.54) is 7.11 Å². The number of carbonyl (C=O) groups is 1. The SMILES string of the molecule is COCCC(C)(C)C(O)C(=O)OC. The average Bonchev–Trinajstić information content (AvgIpc) is 2.12. The molecule has 4 nitrogen and oxygen atoms in total. The number of methoxy groups -OCH3 is 2. The molecule has 0 amide bonds. The number of hydrogen-bond donors (Lipinski definition) is 1. The number of ether oxygens (including phenoxy) is 2. The van der Waals surface area contributed by atoms with Crippen LogP contribution in [0.1, 0.15) is 20.3 Å². The van der Waals surface area contributed by atoms with Crippen LogP contribution in [0, 0.1) is 5.41 Å². The zero-order chi connectivity index (χ0) is 10.5. The van der Waals surface area contributed by atoms with Gasteiger partial charge in [0.2, 0.25) is 0 Å². The molecule has 78 valence electrons. The molecule has 0 heterocycles. The van der Waals surface area contributed by atoms with Crippen molar-refractivity contribution in [3.63, 3.8) is 0 Å². The summed E-state index contributed by atoms with van der Waals surface area (Å²) in [6.45, 7) is 4.11. The Morgan fingerprint density at radius 2 is 2.00 bits per heavy atom. The average molecular weight is 190 g/mol. The Hall–Kier alpha value is -0.610. The fraction of sp³-hybridized carbons (Fsp3) is 0.889. The molecule has 0 rings (SSSR count). The first kappa shape index (κ1) is 12.4. The van der Waals surface area contributed by atoms with E-state index in [1.54, 1.807) is 21.0 Å². The second-order valence-corrected chi connectivity index (χ2v) is 3.66. The Morgan fingerprint density at radius 1 is 1.46 bits per heavy atom. The quantitative estimate of drug-likeness (QED) is 0.644. The van der Waals surface area contributed by atoms with Crippen molar-refractivity contribution >= 4 is 5.97 Å². The van der Waals surface area contributed by atoms with Crippen LogP contribution in [0.2, 0.25) is 0 Å². The Bertz CT molecular complexity index is 165. The lowest BCUT2D eigenvalue weighted by Crippen LogP contribution is -2.38. The summed E-state index contributed by atoms with van der Waals surface area (Å²) in [7, 11) is 2.85. The third-order valence-corrected chi connectivity index (χ3v) is 2.12. The standard InChI is InChI=1S/C9H18O4/c1-9(2,5-6-12-3)7(10)8(11)13-4/h7,10H,5-6H2,1-4H3. The van der Waals surface area contributed by atoms with E-state index in [0.717, 1.165) is 0 Å². The molecule has 0 aromatic rings. The molecule has 0 aromatic carbocycles. The molecule has 0 saturated heterocycles. The van der Waals surface area contributed by atoms with Gasteiger partial charge in [0.15, 0.2) is 6.10 Å². The largest absolute Gasteiger partial charge is 0.467 e.